The third-order valence-corrected chi connectivity index (χ3v) is 5.96. The zero-order valence-corrected chi connectivity index (χ0v) is 21.0. The first-order chi connectivity index (χ1) is 16.4. The van der Waals surface area contributed by atoms with Gasteiger partial charge in [-0.2, -0.15) is 4.98 Å². The average Bonchev–Trinajstić information content (AvgIpc) is 3.34. The Morgan fingerprint density at radius 1 is 1.06 bits per heavy atom. The standard InChI is InChI=1S/C26H36N4O4/c1-7-17(8-2)22-12-20(13-23(28-22)32-6)26-29-25(30-34-26)19-10-16(4)24(18(9-3)11-19)33-15-21(31)14-27-5/h10-13,17,21,27,31H,7-9,14-15H2,1-6H3/t21-/m0/s1. The minimum Gasteiger partial charge on any atom is -0.490 e. The number of aliphatic hydroxyl groups is 1. The van der Waals surface area contributed by atoms with Gasteiger partial charge in [-0.05, 0) is 62.6 Å². The van der Waals surface area contributed by atoms with Crippen LogP contribution in [0.5, 0.6) is 11.6 Å². The van der Waals surface area contributed by atoms with Crippen LogP contribution in [0, 0.1) is 6.92 Å². The molecule has 0 saturated carbocycles. The Labute approximate surface area is 201 Å². The lowest BCUT2D eigenvalue weighted by Crippen LogP contribution is -2.29. The molecule has 3 rings (SSSR count). The fraction of sp³-hybridized carbons (Fsp3) is 0.500. The van der Waals surface area contributed by atoms with Gasteiger partial charge in [-0.15, -0.1) is 0 Å². The van der Waals surface area contributed by atoms with E-state index < -0.39 is 6.10 Å². The van der Waals surface area contributed by atoms with Crippen molar-refractivity contribution in [3.63, 3.8) is 0 Å². The van der Waals surface area contributed by atoms with Gasteiger partial charge >= 0.3 is 0 Å². The first-order valence-corrected chi connectivity index (χ1v) is 11.9. The maximum atomic E-state index is 10.00. The minimum absolute atomic E-state index is 0.225. The summed E-state index contributed by atoms with van der Waals surface area (Å²) in [6.45, 7) is 9.06. The molecule has 0 amide bonds. The highest BCUT2D eigenvalue weighted by Gasteiger charge is 2.18. The molecule has 184 valence electrons. The molecule has 1 atom stereocenters. The van der Waals surface area contributed by atoms with Crippen LogP contribution in [-0.2, 0) is 6.42 Å². The smallest absolute Gasteiger partial charge is 0.258 e. The van der Waals surface area contributed by atoms with E-state index in [1.807, 2.05) is 31.2 Å². The van der Waals surface area contributed by atoms with E-state index in [0.29, 0.717) is 30.1 Å². The molecule has 0 fully saturated rings. The molecule has 2 N–H and O–H groups in total. The van der Waals surface area contributed by atoms with Gasteiger partial charge in [-0.1, -0.05) is 25.9 Å². The van der Waals surface area contributed by atoms with Gasteiger partial charge in [-0.25, -0.2) is 4.98 Å². The van der Waals surface area contributed by atoms with E-state index in [4.69, 9.17) is 14.0 Å². The number of likely N-dealkylation sites (N-methyl/N-ethyl adjacent to an activating group) is 1. The van der Waals surface area contributed by atoms with Crippen molar-refractivity contribution in [2.24, 2.45) is 0 Å². The Bertz CT molecular complexity index is 1080. The van der Waals surface area contributed by atoms with E-state index in [1.54, 1.807) is 14.2 Å². The summed E-state index contributed by atoms with van der Waals surface area (Å²) >= 11 is 0. The molecule has 2 heterocycles. The SMILES string of the molecule is CCc1cc(-c2noc(-c3cc(OC)nc(C(CC)CC)c3)n2)cc(C)c1OC[C@@H](O)CNC. The van der Waals surface area contributed by atoms with Gasteiger partial charge in [0.05, 0.1) is 7.11 Å². The number of aliphatic hydroxyl groups excluding tert-OH is 1. The maximum absolute atomic E-state index is 10.00. The maximum Gasteiger partial charge on any atom is 0.258 e. The third kappa shape index (κ3) is 5.93. The van der Waals surface area contributed by atoms with Crippen LogP contribution in [0.15, 0.2) is 28.8 Å². The van der Waals surface area contributed by atoms with Crippen molar-refractivity contribution >= 4 is 0 Å². The summed E-state index contributed by atoms with van der Waals surface area (Å²) < 4.78 is 17.0. The number of aryl methyl sites for hydroxylation is 2. The van der Waals surface area contributed by atoms with Crippen LogP contribution in [0.4, 0.5) is 0 Å². The largest absolute Gasteiger partial charge is 0.490 e. The number of nitrogens with zero attached hydrogens (tertiary/aromatic N) is 3. The lowest BCUT2D eigenvalue weighted by molar-refractivity contribution is 0.107. The van der Waals surface area contributed by atoms with Crippen molar-refractivity contribution in [3.05, 3.63) is 41.1 Å². The molecule has 0 bridgehead atoms. The van der Waals surface area contributed by atoms with Crippen molar-refractivity contribution < 1.29 is 19.1 Å². The molecule has 0 spiro atoms. The van der Waals surface area contributed by atoms with Crippen molar-refractivity contribution in [2.75, 3.05) is 27.3 Å². The summed E-state index contributed by atoms with van der Waals surface area (Å²) in [4.78, 5) is 9.29. The van der Waals surface area contributed by atoms with Gasteiger partial charge in [-0.3, -0.25) is 0 Å². The lowest BCUT2D eigenvalue weighted by Gasteiger charge is -2.17. The molecular formula is C26H36N4O4. The lowest BCUT2D eigenvalue weighted by atomic mass is 9.97. The summed E-state index contributed by atoms with van der Waals surface area (Å²) in [5, 5.41) is 17.2. The molecule has 0 unspecified atom stereocenters. The summed E-state index contributed by atoms with van der Waals surface area (Å²) in [7, 11) is 3.41. The van der Waals surface area contributed by atoms with Crippen LogP contribution in [0.3, 0.4) is 0 Å². The van der Waals surface area contributed by atoms with Gasteiger partial charge in [0.15, 0.2) is 0 Å². The number of methoxy groups -OCH3 is 1. The van der Waals surface area contributed by atoms with Crippen LogP contribution in [0.1, 0.15) is 56.4 Å². The van der Waals surface area contributed by atoms with E-state index in [9.17, 15) is 5.11 Å². The van der Waals surface area contributed by atoms with Crippen molar-refractivity contribution in [1.82, 2.24) is 20.4 Å². The quantitative estimate of drug-likeness (QED) is 0.399. The number of benzene rings is 1. The molecular weight excluding hydrogens is 432 g/mol. The fourth-order valence-corrected chi connectivity index (χ4v) is 4.05. The number of pyridine rings is 1. The number of ether oxygens (including phenoxy) is 2. The molecule has 8 nitrogen and oxygen atoms in total. The van der Waals surface area contributed by atoms with E-state index in [1.165, 1.54) is 0 Å². The molecule has 1 aromatic carbocycles. The van der Waals surface area contributed by atoms with Crippen molar-refractivity contribution in [1.29, 1.82) is 0 Å². The van der Waals surface area contributed by atoms with Gasteiger partial charge in [0, 0.05) is 35.3 Å². The highest BCUT2D eigenvalue weighted by atomic mass is 16.5. The first-order valence-electron chi connectivity index (χ1n) is 11.9. The second-order valence-corrected chi connectivity index (χ2v) is 8.42. The van der Waals surface area contributed by atoms with Gasteiger partial charge in [0.1, 0.15) is 18.5 Å². The normalized spacial score (nSPS) is 12.2. The molecule has 0 aliphatic carbocycles. The number of hydrogen-bond donors (Lipinski definition) is 2. The van der Waals surface area contributed by atoms with Crippen LogP contribution < -0.4 is 14.8 Å². The van der Waals surface area contributed by atoms with Gasteiger partial charge < -0.3 is 24.4 Å². The topological polar surface area (TPSA) is 103 Å². The van der Waals surface area contributed by atoms with E-state index in [-0.39, 0.29) is 6.61 Å². The zero-order valence-electron chi connectivity index (χ0n) is 21.0. The molecule has 0 radical (unpaired) electrons. The molecule has 8 heteroatoms. The van der Waals surface area contributed by atoms with E-state index in [0.717, 1.165) is 53.0 Å². The number of aromatic nitrogens is 3. The molecule has 34 heavy (non-hydrogen) atoms. The third-order valence-electron chi connectivity index (χ3n) is 5.96. The van der Waals surface area contributed by atoms with Crippen LogP contribution in [0.2, 0.25) is 0 Å². The molecule has 2 aromatic heterocycles. The highest BCUT2D eigenvalue weighted by molar-refractivity contribution is 5.64. The van der Waals surface area contributed by atoms with Crippen molar-refractivity contribution in [2.45, 2.75) is 59.0 Å². The number of nitrogens with one attached hydrogen (secondary N) is 1. The highest BCUT2D eigenvalue weighted by Crippen LogP contribution is 2.33. The van der Waals surface area contributed by atoms with E-state index in [2.05, 4.69) is 41.2 Å². The first kappa shape index (κ1) is 25.6. The second-order valence-electron chi connectivity index (χ2n) is 8.42. The molecule has 0 aliphatic heterocycles. The number of rotatable bonds is 12. The Balaban J connectivity index is 1.91. The summed E-state index contributed by atoms with van der Waals surface area (Å²) in [5.41, 5.74) is 4.59. The van der Waals surface area contributed by atoms with Crippen LogP contribution >= 0.6 is 0 Å². The Morgan fingerprint density at radius 2 is 1.82 bits per heavy atom. The van der Waals surface area contributed by atoms with Crippen LogP contribution in [-0.4, -0.2) is 53.6 Å². The van der Waals surface area contributed by atoms with Gasteiger partial charge in [0.25, 0.3) is 5.89 Å². The minimum atomic E-state index is -0.573. The second kappa shape index (κ2) is 11.9. The average molecular weight is 469 g/mol. The van der Waals surface area contributed by atoms with Crippen LogP contribution in [0.25, 0.3) is 22.8 Å². The fourth-order valence-electron chi connectivity index (χ4n) is 4.05. The predicted molar refractivity (Wildman–Crippen MR) is 132 cm³/mol. The summed E-state index contributed by atoms with van der Waals surface area (Å²) in [6.07, 6.45) is 2.18. The monoisotopic (exact) mass is 468 g/mol. The number of hydrogen-bond acceptors (Lipinski definition) is 8. The van der Waals surface area contributed by atoms with Crippen molar-refractivity contribution in [3.8, 4) is 34.5 Å². The molecule has 0 aliphatic rings. The summed E-state index contributed by atoms with van der Waals surface area (Å²) in [6, 6.07) is 7.83. The molecule has 0 saturated heterocycles. The Kier molecular flexibility index (Phi) is 9.01. The summed E-state index contributed by atoms with van der Waals surface area (Å²) in [5.74, 6) is 2.60. The Hall–Kier alpha value is -2.97. The molecule has 3 aromatic rings. The predicted octanol–water partition coefficient (Wildman–Crippen LogP) is 4.54. The zero-order chi connectivity index (χ0) is 24.7. The van der Waals surface area contributed by atoms with E-state index >= 15 is 0 Å². The van der Waals surface area contributed by atoms with Gasteiger partial charge in [0.2, 0.25) is 11.7 Å². The Morgan fingerprint density at radius 3 is 2.47 bits per heavy atom.